The Hall–Kier alpha value is -0.220. The third kappa shape index (κ3) is 4.62. The van der Waals surface area contributed by atoms with Gasteiger partial charge in [0.25, 0.3) is 0 Å². The summed E-state index contributed by atoms with van der Waals surface area (Å²) in [7, 11) is 0. The number of carboxylic acids is 1. The van der Waals surface area contributed by atoms with Crippen LogP contribution in [0.4, 0.5) is 0 Å². The molecular weight excluding hydrogens is 174 g/mol. The first-order chi connectivity index (χ1) is 5.36. The molecule has 3 nitrogen and oxygen atoms in total. The molecule has 0 saturated carbocycles. The van der Waals surface area contributed by atoms with Crippen LogP contribution in [0.25, 0.3) is 0 Å². The molecule has 72 valence electrons. The normalized spacial score (nSPS) is 16.1. The lowest BCUT2D eigenvalue weighted by Gasteiger charge is -2.18. The average molecular weight is 191 g/mol. The predicted octanol–water partition coefficient (Wildman–Crippen LogP) is 1.18. The third-order valence-corrected chi connectivity index (χ3v) is 3.05. The predicted molar refractivity (Wildman–Crippen MR) is 52.4 cm³/mol. The summed E-state index contributed by atoms with van der Waals surface area (Å²) in [5.41, 5.74) is 4.44. The molecule has 0 spiro atoms. The van der Waals surface area contributed by atoms with Gasteiger partial charge in [-0.3, -0.25) is 4.79 Å². The smallest absolute Gasteiger partial charge is 0.324 e. The summed E-state index contributed by atoms with van der Waals surface area (Å²) in [6, 6.07) is 0. The van der Waals surface area contributed by atoms with Gasteiger partial charge in [0.05, 0.1) is 0 Å². The number of nitrogens with two attached hydrogens (primary N) is 1. The van der Waals surface area contributed by atoms with Gasteiger partial charge in [0.1, 0.15) is 5.54 Å². The number of hydrogen-bond donors (Lipinski definition) is 2. The minimum Gasteiger partial charge on any atom is -0.480 e. The van der Waals surface area contributed by atoms with Crippen molar-refractivity contribution in [1.82, 2.24) is 0 Å². The summed E-state index contributed by atoms with van der Waals surface area (Å²) >= 11 is 1.59. The molecule has 4 heteroatoms. The molecule has 0 rings (SSSR count). The maximum absolute atomic E-state index is 10.6. The zero-order chi connectivity index (χ0) is 9.78. The second-order valence-corrected chi connectivity index (χ2v) is 4.66. The molecule has 0 aromatic carbocycles. The van der Waals surface area contributed by atoms with Gasteiger partial charge in [0.2, 0.25) is 0 Å². The van der Waals surface area contributed by atoms with Gasteiger partial charge in [-0.05, 0) is 18.6 Å². The average Bonchev–Trinajstić information content (AvgIpc) is 1.85. The van der Waals surface area contributed by atoms with Crippen LogP contribution in [0.3, 0.4) is 0 Å². The lowest BCUT2D eigenvalue weighted by atomic mass is 10.1. The highest BCUT2D eigenvalue weighted by Gasteiger charge is 2.27. The molecule has 0 amide bonds. The summed E-state index contributed by atoms with van der Waals surface area (Å²) in [5, 5.41) is 8.67. The van der Waals surface area contributed by atoms with Crippen molar-refractivity contribution in [3.8, 4) is 0 Å². The van der Waals surface area contributed by atoms with Crippen LogP contribution in [0.5, 0.6) is 0 Å². The maximum Gasteiger partial charge on any atom is 0.324 e. The Morgan fingerprint density at radius 2 is 2.17 bits per heavy atom. The molecule has 0 fully saturated rings. The first-order valence-corrected chi connectivity index (χ1v) is 5.11. The summed E-state index contributed by atoms with van der Waals surface area (Å²) in [4.78, 5) is 10.6. The van der Waals surface area contributed by atoms with Gasteiger partial charge in [-0.2, -0.15) is 11.8 Å². The summed E-state index contributed by atoms with van der Waals surface area (Å²) in [5.74, 6) is 1.08. The molecule has 3 N–H and O–H groups in total. The minimum atomic E-state index is -1.08. The Kier molecular flexibility index (Phi) is 4.63. The maximum atomic E-state index is 10.6. The van der Waals surface area contributed by atoms with Crippen LogP contribution in [0, 0.1) is 5.92 Å². The van der Waals surface area contributed by atoms with Crippen molar-refractivity contribution in [3.05, 3.63) is 0 Å². The van der Waals surface area contributed by atoms with E-state index in [1.165, 1.54) is 0 Å². The molecule has 0 aliphatic heterocycles. The fourth-order valence-electron chi connectivity index (χ4n) is 0.568. The van der Waals surface area contributed by atoms with E-state index < -0.39 is 11.5 Å². The molecule has 0 saturated heterocycles. The molecule has 1 unspecified atom stereocenters. The van der Waals surface area contributed by atoms with Crippen LogP contribution in [-0.2, 0) is 4.79 Å². The molecular formula is C8H17NO2S. The summed E-state index contributed by atoms with van der Waals surface area (Å²) in [6.45, 7) is 5.74. The van der Waals surface area contributed by atoms with Crippen molar-refractivity contribution in [3.63, 3.8) is 0 Å². The number of hydrogen-bond acceptors (Lipinski definition) is 3. The quantitative estimate of drug-likeness (QED) is 0.685. The van der Waals surface area contributed by atoms with Crippen molar-refractivity contribution >= 4 is 17.7 Å². The molecule has 1 atom stereocenters. The third-order valence-electron chi connectivity index (χ3n) is 1.34. The van der Waals surface area contributed by atoms with Gasteiger partial charge >= 0.3 is 5.97 Å². The molecule has 0 bridgehead atoms. The zero-order valence-corrected chi connectivity index (χ0v) is 8.65. The lowest BCUT2D eigenvalue weighted by molar-refractivity contribution is -0.141. The number of carbonyl (C=O) groups is 1. The van der Waals surface area contributed by atoms with E-state index in [9.17, 15) is 4.79 Å². The first kappa shape index (κ1) is 11.8. The molecule has 0 aromatic rings. The Balaban J connectivity index is 3.69. The molecule has 0 radical (unpaired) electrons. The monoisotopic (exact) mass is 191 g/mol. The van der Waals surface area contributed by atoms with E-state index in [-0.39, 0.29) is 0 Å². The van der Waals surface area contributed by atoms with Crippen molar-refractivity contribution in [2.45, 2.75) is 26.3 Å². The van der Waals surface area contributed by atoms with Crippen LogP contribution in [0.15, 0.2) is 0 Å². The van der Waals surface area contributed by atoms with Gasteiger partial charge in [-0.25, -0.2) is 0 Å². The van der Waals surface area contributed by atoms with Gasteiger partial charge in [-0.1, -0.05) is 13.8 Å². The zero-order valence-electron chi connectivity index (χ0n) is 7.83. The van der Waals surface area contributed by atoms with E-state index in [0.717, 1.165) is 5.75 Å². The van der Waals surface area contributed by atoms with Crippen molar-refractivity contribution in [2.24, 2.45) is 11.7 Å². The second-order valence-electron chi connectivity index (χ2n) is 3.63. The Morgan fingerprint density at radius 3 is 2.50 bits per heavy atom. The second kappa shape index (κ2) is 4.72. The first-order valence-electron chi connectivity index (χ1n) is 3.96. The lowest BCUT2D eigenvalue weighted by Crippen LogP contribution is -2.47. The van der Waals surface area contributed by atoms with Crippen LogP contribution < -0.4 is 5.73 Å². The van der Waals surface area contributed by atoms with Crippen molar-refractivity contribution in [1.29, 1.82) is 0 Å². The highest BCUT2D eigenvalue weighted by Crippen LogP contribution is 2.13. The van der Waals surface area contributed by atoms with Gasteiger partial charge < -0.3 is 10.8 Å². The van der Waals surface area contributed by atoms with Crippen LogP contribution in [0.1, 0.15) is 20.8 Å². The fraction of sp³-hybridized carbons (Fsp3) is 0.875. The van der Waals surface area contributed by atoms with Gasteiger partial charge in [-0.15, -0.1) is 0 Å². The Morgan fingerprint density at radius 1 is 1.67 bits per heavy atom. The van der Waals surface area contributed by atoms with Crippen molar-refractivity contribution < 1.29 is 9.90 Å². The molecule has 0 heterocycles. The Bertz CT molecular complexity index is 157. The van der Waals surface area contributed by atoms with E-state index in [4.69, 9.17) is 10.8 Å². The largest absolute Gasteiger partial charge is 0.480 e. The molecule has 12 heavy (non-hydrogen) atoms. The number of thioether (sulfide) groups is 1. The van der Waals surface area contributed by atoms with E-state index in [0.29, 0.717) is 11.7 Å². The number of carboxylic acid groups (broad SMARTS) is 1. The topological polar surface area (TPSA) is 63.3 Å². The number of rotatable bonds is 5. The molecule has 0 aromatic heterocycles. The minimum absolute atomic E-state index is 0.473. The van der Waals surface area contributed by atoms with Crippen LogP contribution in [0.2, 0.25) is 0 Å². The summed E-state index contributed by atoms with van der Waals surface area (Å²) in [6.07, 6.45) is 0. The van der Waals surface area contributed by atoms with Crippen LogP contribution >= 0.6 is 11.8 Å². The number of aliphatic carboxylic acids is 1. The van der Waals surface area contributed by atoms with E-state index in [1.54, 1.807) is 18.7 Å². The standard InChI is InChI=1S/C8H17NO2S/c1-6(2)4-12-5-8(3,9)7(10)11/h6H,4-5,9H2,1-3H3,(H,10,11). The van der Waals surface area contributed by atoms with E-state index in [2.05, 4.69) is 13.8 Å². The van der Waals surface area contributed by atoms with E-state index in [1.807, 2.05) is 0 Å². The molecule has 0 aliphatic rings. The van der Waals surface area contributed by atoms with Gasteiger partial charge in [0.15, 0.2) is 0 Å². The van der Waals surface area contributed by atoms with E-state index >= 15 is 0 Å². The molecule has 0 aliphatic carbocycles. The highest BCUT2D eigenvalue weighted by atomic mass is 32.2. The van der Waals surface area contributed by atoms with Gasteiger partial charge in [0, 0.05) is 5.75 Å². The Labute approximate surface area is 77.7 Å². The fourth-order valence-corrected chi connectivity index (χ4v) is 1.71. The SMILES string of the molecule is CC(C)CSCC(C)(N)C(=O)O. The summed E-state index contributed by atoms with van der Waals surface area (Å²) < 4.78 is 0. The highest BCUT2D eigenvalue weighted by molar-refractivity contribution is 7.99. The van der Waals surface area contributed by atoms with Crippen molar-refractivity contribution in [2.75, 3.05) is 11.5 Å². The van der Waals surface area contributed by atoms with Crippen LogP contribution in [-0.4, -0.2) is 28.1 Å².